The van der Waals surface area contributed by atoms with E-state index in [0.29, 0.717) is 50.4 Å². The van der Waals surface area contributed by atoms with Gasteiger partial charge >= 0.3 is 19.3 Å². The Morgan fingerprint density at radius 1 is 0.625 bits per heavy atom. The lowest BCUT2D eigenvalue weighted by Gasteiger charge is -2.32. The molecule has 3 fully saturated rings. The van der Waals surface area contributed by atoms with Gasteiger partial charge in [0.15, 0.2) is 0 Å². The molecule has 2 aromatic heterocycles. The van der Waals surface area contributed by atoms with E-state index in [4.69, 9.17) is 9.31 Å². The van der Waals surface area contributed by atoms with Crippen LogP contribution in [0, 0.1) is 11.8 Å². The van der Waals surface area contributed by atoms with E-state index >= 15 is 0 Å². The Bertz CT molecular complexity index is 2430. The number of rotatable bonds is 12. The van der Waals surface area contributed by atoms with Crippen LogP contribution in [0.25, 0.3) is 11.1 Å². The fraction of sp³-hybridized carbons (Fsp3) is 0.462. The van der Waals surface area contributed by atoms with E-state index < -0.39 is 54.7 Å². The Hall–Kier alpha value is -6.38. The zero-order chi connectivity index (χ0) is 52.8. The largest absolute Gasteiger partial charge is 0.496 e. The Kier molecular flexibility index (Phi) is 20.3. The summed E-state index contributed by atoms with van der Waals surface area (Å²) in [6.45, 7) is 16.2. The van der Waals surface area contributed by atoms with Gasteiger partial charge in [-0.2, -0.15) is 0 Å². The maximum absolute atomic E-state index is 13.1. The van der Waals surface area contributed by atoms with Gasteiger partial charge in [0, 0.05) is 41.0 Å². The fourth-order valence-corrected chi connectivity index (χ4v) is 8.37. The van der Waals surface area contributed by atoms with E-state index in [1.54, 1.807) is 30.6 Å². The molecule has 0 radical (unpaired) electrons. The Morgan fingerprint density at radius 2 is 1.06 bits per heavy atom. The minimum absolute atomic E-state index is 0.150. The molecule has 0 saturated carbocycles. The van der Waals surface area contributed by atoms with Crippen molar-refractivity contribution >= 4 is 76.0 Å². The third-order valence-corrected chi connectivity index (χ3v) is 13.4. The van der Waals surface area contributed by atoms with Crippen LogP contribution in [0.5, 0.6) is 0 Å². The molecule has 2 aromatic carbocycles. The molecular formula is C52H68BBrN8O10. The predicted octanol–water partition coefficient (Wildman–Crippen LogP) is 7.20. The topological polar surface area (TPSA) is 220 Å². The molecule has 7 rings (SSSR count). The first-order chi connectivity index (χ1) is 34.2. The average molecular weight is 1060 g/mol. The monoisotopic (exact) mass is 1050 g/mol. The lowest BCUT2D eigenvalue weighted by Crippen LogP contribution is -2.54. The smallest absolute Gasteiger partial charge is 0.453 e. The number of methoxy groups -OCH3 is 2. The number of benzene rings is 2. The van der Waals surface area contributed by atoms with Gasteiger partial charge in [0.1, 0.15) is 35.8 Å². The van der Waals surface area contributed by atoms with Crippen molar-refractivity contribution < 1.29 is 47.5 Å². The van der Waals surface area contributed by atoms with Crippen LogP contribution < -0.4 is 26.7 Å². The maximum Gasteiger partial charge on any atom is 0.496 e. The van der Waals surface area contributed by atoms with Crippen molar-refractivity contribution in [1.29, 1.82) is 0 Å². The van der Waals surface area contributed by atoms with Gasteiger partial charge in [-0.3, -0.25) is 19.2 Å². The molecule has 72 heavy (non-hydrogen) atoms. The van der Waals surface area contributed by atoms with Crippen molar-refractivity contribution in [2.75, 3.05) is 37.9 Å². The first-order valence-corrected chi connectivity index (χ1v) is 24.9. The Labute approximate surface area is 431 Å². The molecule has 3 saturated heterocycles. The second-order valence-corrected chi connectivity index (χ2v) is 20.1. The van der Waals surface area contributed by atoms with Crippen molar-refractivity contribution in [3.8, 4) is 11.1 Å². The molecule has 4 atom stereocenters. The highest BCUT2D eigenvalue weighted by Gasteiger charge is 2.52. The number of hydrogen-bond acceptors (Lipinski definition) is 12. The number of alkyl carbamates (subject to hydrolysis) is 2. The summed E-state index contributed by atoms with van der Waals surface area (Å²) in [5.74, 6) is -0.709. The highest BCUT2D eigenvalue weighted by atomic mass is 79.9. The Balaban J connectivity index is 0.000000236. The highest BCUT2D eigenvalue weighted by molar-refractivity contribution is 9.10. The minimum Gasteiger partial charge on any atom is -0.453 e. The van der Waals surface area contributed by atoms with E-state index in [1.807, 2.05) is 122 Å². The zero-order valence-corrected chi connectivity index (χ0v) is 44.4. The number of halogens is 1. The van der Waals surface area contributed by atoms with Gasteiger partial charge in [0.2, 0.25) is 23.6 Å². The van der Waals surface area contributed by atoms with Crippen molar-refractivity contribution in [2.45, 2.75) is 116 Å². The van der Waals surface area contributed by atoms with Crippen molar-refractivity contribution in [3.05, 3.63) is 102 Å². The van der Waals surface area contributed by atoms with E-state index in [2.05, 4.69) is 56.6 Å². The van der Waals surface area contributed by atoms with E-state index in [-0.39, 0.29) is 35.5 Å². The third-order valence-electron chi connectivity index (χ3n) is 12.9. The number of nitrogens with zero attached hydrogens (tertiary/aromatic N) is 4. The van der Waals surface area contributed by atoms with Crippen LogP contribution in [-0.4, -0.2) is 125 Å². The molecule has 386 valence electrons. The molecule has 3 aliphatic heterocycles. The van der Waals surface area contributed by atoms with Crippen LogP contribution in [0.4, 0.5) is 21.2 Å². The molecule has 5 heterocycles. The molecule has 0 spiro atoms. The van der Waals surface area contributed by atoms with Crippen LogP contribution in [-0.2, 0) is 38.0 Å². The van der Waals surface area contributed by atoms with Crippen LogP contribution in [0.3, 0.4) is 0 Å². The molecule has 6 amide bonds. The molecule has 20 heteroatoms. The normalized spacial score (nSPS) is 18.4. The molecule has 4 N–H and O–H groups in total. The number of anilines is 2. The summed E-state index contributed by atoms with van der Waals surface area (Å²) in [5, 5.41) is 10.8. The predicted molar refractivity (Wildman–Crippen MR) is 279 cm³/mol. The number of amides is 6. The SMILES string of the molecule is Brc1ccccc1.COC(=O)N[C@H](C(=O)N1CCC[C@H]1C(=O)Nc1ccc(-c2ccccc2)cn1)C(C)C.COC(=O)N[C@H](C(=O)N1CCC[C@H]1C(=O)Nc1ccc(B2OC(C)(C)C(C)(C)O2)cn1)C(C)C. The molecule has 0 unspecified atom stereocenters. The van der Waals surface area contributed by atoms with Gasteiger partial charge in [-0.15, -0.1) is 0 Å². The summed E-state index contributed by atoms with van der Waals surface area (Å²) in [5.41, 5.74) is 1.82. The fourth-order valence-electron chi connectivity index (χ4n) is 8.06. The van der Waals surface area contributed by atoms with E-state index in [1.165, 1.54) is 24.0 Å². The zero-order valence-electron chi connectivity index (χ0n) is 42.8. The van der Waals surface area contributed by atoms with Crippen molar-refractivity contribution in [2.24, 2.45) is 11.8 Å². The van der Waals surface area contributed by atoms with E-state index in [9.17, 15) is 28.8 Å². The molecular weight excluding hydrogens is 987 g/mol. The molecule has 4 aromatic rings. The quantitative estimate of drug-likeness (QED) is 0.104. The lowest BCUT2D eigenvalue weighted by atomic mass is 9.80. The number of carbonyl (C=O) groups is 6. The van der Waals surface area contributed by atoms with Gasteiger partial charge in [0.25, 0.3) is 0 Å². The van der Waals surface area contributed by atoms with Gasteiger partial charge in [-0.25, -0.2) is 19.6 Å². The van der Waals surface area contributed by atoms with Gasteiger partial charge < -0.3 is 49.8 Å². The lowest BCUT2D eigenvalue weighted by molar-refractivity contribution is -0.139. The number of ether oxygens (including phenoxy) is 2. The first kappa shape index (κ1) is 56.5. The minimum atomic E-state index is -0.779. The standard InChI is InChI=1S/C23H35BN4O6.C23H28N4O4.C6H5Br/c1-14(2)18(27-21(31)32-7)20(30)28-12-8-9-16(28)19(29)26-17-11-10-15(13-25-17)24-33-22(3,4)23(5,6)34-24;1-15(2)20(26-23(30)31-3)22(29)27-13-7-10-18(27)21(28)25-19-12-11-17(14-24-19)16-8-5-4-6-9-16;7-6-4-2-1-3-5-6/h10-11,13-14,16,18H,8-9,12H2,1-7H3,(H,27,31)(H,25,26,29);4-6,8-9,11-12,14-15,18,20H,7,10,13H2,1-3H3,(H,26,30)(H,24,25,28);1-5H/t16-,18-;18-,20-;/m00./s1. The summed E-state index contributed by atoms with van der Waals surface area (Å²) >= 11 is 3.31. The summed E-state index contributed by atoms with van der Waals surface area (Å²) in [4.78, 5) is 87.2. The van der Waals surface area contributed by atoms with Gasteiger partial charge in [-0.1, -0.05) is 98.2 Å². The second kappa shape index (κ2) is 25.8. The molecule has 0 aliphatic carbocycles. The van der Waals surface area contributed by atoms with E-state index in [0.717, 1.165) is 21.1 Å². The van der Waals surface area contributed by atoms with Crippen molar-refractivity contribution in [3.63, 3.8) is 0 Å². The van der Waals surface area contributed by atoms with Crippen LogP contribution in [0.2, 0.25) is 0 Å². The van der Waals surface area contributed by atoms with Crippen LogP contribution in [0.15, 0.2) is 102 Å². The maximum atomic E-state index is 13.1. The summed E-state index contributed by atoms with van der Waals surface area (Å²) in [7, 11) is 1.95. The van der Waals surface area contributed by atoms with Gasteiger partial charge in [-0.05, 0) is 101 Å². The van der Waals surface area contributed by atoms with Crippen LogP contribution >= 0.6 is 15.9 Å². The van der Waals surface area contributed by atoms with Crippen LogP contribution in [0.1, 0.15) is 81.1 Å². The van der Waals surface area contributed by atoms with Crippen molar-refractivity contribution in [1.82, 2.24) is 30.4 Å². The number of aromatic nitrogens is 2. The number of nitrogens with one attached hydrogen (secondary N) is 4. The summed E-state index contributed by atoms with van der Waals surface area (Å²) in [6, 6.07) is 24.2. The number of carbonyl (C=O) groups excluding carboxylic acids is 6. The number of likely N-dealkylation sites (tertiary alicyclic amines) is 2. The van der Waals surface area contributed by atoms with Gasteiger partial charge in [0.05, 0.1) is 25.4 Å². The third kappa shape index (κ3) is 15.1. The number of pyridine rings is 2. The summed E-state index contributed by atoms with van der Waals surface area (Å²) in [6.07, 6.45) is 4.47. The molecule has 0 bridgehead atoms. The summed E-state index contributed by atoms with van der Waals surface area (Å²) < 4.78 is 22.5. The first-order valence-electron chi connectivity index (χ1n) is 24.1. The average Bonchev–Trinajstić information content (AvgIpc) is 4.11. The highest BCUT2D eigenvalue weighted by Crippen LogP contribution is 2.36. The Morgan fingerprint density at radius 3 is 1.42 bits per heavy atom. The molecule has 18 nitrogen and oxygen atoms in total. The molecule has 3 aliphatic rings. The second-order valence-electron chi connectivity index (χ2n) is 19.2. The number of hydrogen-bond donors (Lipinski definition) is 4.